The van der Waals surface area contributed by atoms with E-state index in [0.29, 0.717) is 11.7 Å². The third kappa shape index (κ3) is 2.49. The van der Waals surface area contributed by atoms with Crippen molar-refractivity contribution in [2.24, 2.45) is 5.92 Å². The van der Waals surface area contributed by atoms with Crippen LogP contribution in [-0.4, -0.2) is 11.1 Å². The molecule has 0 heterocycles. The highest BCUT2D eigenvalue weighted by Crippen LogP contribution is 2.26. The van der Waals surface area contributed by atoms with Crippen LogP contribution >= 0.6 is 15.9 Å². The maximum atomic E-state index is 12.0. The van der Waals surface area contributed by atoms with Crippen molar-refractivity contribution in [3.8, 4) is 0 Å². The lowest BCUT2D eigenvalue weighted by atomic mass is 9.96. The predicted molar refractivity (Wildman–Crippen MR) is 65.6 cm³/mol. The van der Waals surface area contributed by atoms with Crippen LogP contribution in [0.4, 0.5) is 0 Å². The third-order valence-corrected chi connectivity index (χ3v) is 3.59. The van der Waals surface area contributed by atoms with Gasteiger partial charge in [0.2, 0.25) is 0 Å². The maximum absolute atomic E-state index is 12.0. The molecule has 1 unspecified atom stereocenters. The van der Waals surface area contributed by atoms with Gasteiger partial charge in [0, 0.05) is 17.3 Å². The number of aryl methyl sites for hydroxylation is 1. The van der Waals surface area contributed by atoms with E-state index in [0.717, 1.165) is 36.6 Å². The molecule has 0 aromatic heterocycles. The van der Waals surface area contributed by atoms with Crippen LogP contribution in [-0.2, 0) is 6.42 Å². The second-order valence-electron chi connectivity index (χ2n) is 4.17. The Morgan fingerprint density at radius 1 is 1.33 bits per heavy atom. The first-order valence-corrected chi connectivity index (χ1v) is 6.60. The summed E-state index contributed by atoms with van der Waals surface area (Å²) in [7, 11) is 0. The normalized spacial score (nSPS) is 20.9. The molecule has 1 aromatic rings. The van der Waals surface area contributed by atoms with Crippen LogP contribution in [0.25, 0.3) is 0 Å². The molecular formula is C13H15BrO. The summed E-state index contributed by atoms with van der Waals surface area (Å²) < 4.78 is 0. The van der Waals surface area contributed by atoms with Crippen molar-refractivity contribution < 1.29 is 4.79 Å². The average molecular weight is 267 g/mol. The van der Waals surface area contributed by atoms with Crippen molar-refractivity contribution >= 4 is 21.7 Å². The first kappa shape index (κ1) is 10.9. The summed E-state index contributed by atoms with van der Waals surface area (Å²) in [6.45, 7) is 0. The van der Waals surface area contributed by atoms with Crippen LogP contribution in [0.3, 0.4) is 0 Å². The largest absolute Gasteiger partial charge is 0.294 e. The van der Waals surface area contributed by atoms with Crippen LogP contribution in [0.2, 0.25) is 0 Å². The van der Waals surface area contributed by atoms with Crippen molar-refractivity contribution in [1.82, 2.24) is 0 Å². The second kappa shape index (κ2) is 4.93. The van der Waals surface area contributed by atoms with Crippen molar-refractivity contribution in [2.75, 3.05) is 5.33 Å². The molecule has 1 atom stereocenters. The number of hydrogen-bond donors (Lipinski definition) is 0. The third-order valence-electron chi connectivity index (χ3n) is 3.13. The van der Waals surface area contributed by atoms with Gasteiger partial charge in [0.15, 0.2) is 5.78 Å². The number of fused-ring (bicyclic) bond motifs is 1. The summed E-state index contributed by atoms with van der Waals surface area (Å²) in [4.78, 5) is 12.0. The van der Waals surface area contributed by atoms with Gasteiger partial charge in [0.1, 0.15) is 0 Å². The van der Waals surface area contributed by atoms with Gasteiger partial charge in [-0.25, -0.2) is 0 Å². The molecule has 0 spiro atoms. The number of benzene rings is 1. The van der Waals surface area contributed by atoms with E-state index in [2.05, 4.69) is 22.0 Å². The van der Waals surface area contributed by atoms with E-state index in [1.807, 2.05) is 18.2 Å². The van der Waals surface area contributed by atoms with E-state index in [4.69, 9.17) is 0 Å². The Morgan fingerprint density at radius 3 is 2.93 bits per heavy atom. The Balaban J connectivity index is 2.21. The summed E-state index contributed by atoms with van der Waals surface area (Å²) in [6.07, 6.45) is 4.04. The fourth-order valence-electron chi connectivity index (χ4n) is 2.24. The van der Waals surface area contributed by atoms with Crippen molar-refractivity contribution in [3.05, 3.63) is 35.4 Å². The number of ketones is 1. The minimum Gasteiger partial charge on any atom is -0.294 e. The Labute approximate surface area is 99.0 Å². The number of halogens is 1. The van der Waals surface area contributed by atoms with Gasteiger partial charge in [-0.15, -0.1) is 0 Å². The highest BCUT2D eigenvalue weighted by molar-refractivity contribution is 9.09. The van der Waals surface area contributed by atoms with Crippen molar-refractivity contribution in [3.63, 3.8) is 0 Å². The highest BCUT2D eigenvalue weighted by atomic mass is 79.9. The molecule has 0 amide bonds. The molecule has 0 N–H and O–H groups in total. The number of carbonyl (C=O) groups is 1. The molecule has 1 nitrogen and oxygen atoms in total. The fourth-order valence-corrected chi connectivity index (χ4v) is 2.89. The highest BCUT2D eigenvalue weighted by Gasteiger charge is 2.21. The summed E-state index contributed by atoms with van der Waals surface area (Å²) in [5.74, 6) is 0.887. The Bertz CT molecular complexity index is 359. The van der Waals surface area contributed by atoms with Gasteiger partial charge in [-0.3, -0.25) is 4.79 Å². The summed E-state index contributed by atoms with van der Waals surface area (Å²) in [6, 6.07) is 8.04. The van der Waals surface area contributed by atoms with Gasteiger partial charge in [-0.1, -0.05) is 40.2 Å². The van der Waals surface area contributed by atoms with E-state index in [1.54, 1.807) is 0 Å². The minimum absolute atomic E-state index is 0.328. The molecule has 1 aromatic carbocycles. The number of Topliss-reactive ketones (excluding diaryl/α,β-unsaturated/α-hetero) is 1. The quantitative estimate of drug-likeness (QED) is 0.591. The molecule has 2 heteroatoms. The standard InChI is InChI=1S/C13H15BrO/c14-8-7-10-5-6-11-3-1-2-4-12(11)13(15)9-10/h1-4,10H,5-9H2. The molecule has 0 bridgehead atoms. The van der Waals surface area contributed by atoms with Gasteiger partial charge in [-0.2, -0.15) is 0 Å². The lowest BCUT2D eigenvalue weighted by molar-refractivity contribution is 0.0963. The number of hydrogen-bond acceptors (Lipinski definition) is 1. The fraction of sp³-hybridized carbons (Fsp3) is 0.462. The zero-order valence-electron chi connectivity index (χ0n) is 8.71. The molecule has 1 aliphatic rings. The molecule has 1 aliphatic carbocycles. The number of carbonyl (C=O) groups excluding carboxylic acids is 1. The van der Waals surface area contributed by atoms with Gasteiger partial charge >= 0.3 is 0 Å². The predicted octanol–water partition coefficient (Wildman–Crippen LogP) is 3.61. The van der Waals surface area contributed by atoms with E-state index in [-0.39, 0.29) is 0 Å². The molecule has 0 aliphatic heterocycles. The van der Waals surface area contributed by atoms with E-state index >= 15 is 0 Å². The Hall–Kier alpha value is -0.630. The summed E-state index contributed by atoms with van der Waals surface area (Å²) >= 11 is 3.45. The van der Waals surface area contributed by atoms with Crippen LogP contribution in [0.5, 0.6) is 0 Å². The van der Waals surface area contributed by atoms with Gasteiger partial charge in [-0.05, 0) is 30.7 Å². The van der Waals surface area contributed by atoms with Crippen molar-refractivity contribution in [2.45, 2.75) is 25.7 Å². The molecule has 80 valence electrons. The zero-order chi connectivity index (χ0) is 10.7. The minimum atomic E-state index is 0.328. The summed E-state index contributed by atoms with van der Waals surface area (Å²) in [5.41, 5.74) is 2.19. The van der Waals surface area contributed by atoms with Crippen LogP contribution in [0.1, 0.15) is 35.2 Å². The maximum Gasteiger partial charge on any atom is 0.163 e. The lowest BCUT2D eigenvalue weighted by Gasteiger charge is -2.09. The Morgan fingerprint density at radius 2 is 2.13 bits per heavy atom. The smallest absolute Gasteiger partial charge is 0.163 e. The SMILES string of the molecule is O=C1CC(CCBr)CCc2ccccc21. The van der Waals surface area contributed by atoms with Crippen LogP contribution < -0.4 is 0 Å². The molecule has 0 fully saturated rings. The monoisotopic (exact) mass is 266 g/mol. The average Bonchev–Trinajstić information content (AvgIpc) is 2.40. The lowest BCUT2D eigenvalue weighted by Crippen LogP contribution is -2.06. The first-order valence-electron chi connectivity index (χ1n) is 5.48. The van der Waals surface area contributed by atoms with Gasteiger partial charge < -0.3 is 0 Å². The molecule has 0 saturated carbocycles. The summed E-state index contributed by atoms with van der Waals surface area (Å²) in [5, 5.41) is 1.00. The zero-order valence-corrected chi connectivity index (χ0v) is 10.3. The molecule has 0 radical (unpaired) electrons. The van der Waals surface area contributed by atoms with E-state index in [9.17, 15) is 4.79 Å². The number of alkyl halides is 1. The van der Waals surface area contributed by atoms with Gasteiger partial charge in [0.05, 0.1) is 0 Å². The van der Waals surface area contributed by atoms with Crippen molar-refractivity contribution in [1.29, 1.82) is 0 Å². The molecule has 0 saturated heterocycles. The topological polar surface area (TPSA) is 17.1 Å². The Kier molecular flexibility index (Phi) is 3.57. The molecular weight excluding hydrogens is 252 g/mol. The second-order valence-corrected chi connectivity index (χ2v) is 4.96. The van der Waals surface area contributed by atoms with Crippen LogP contribution in [0, 0.1) is 5.92 Å². The molecule has 2 rings (SSSR count). The van der Waals surface area contributed by atoms with E-state index in [1.165, 1.54) is 5.56 Å². The van der Waals surface area contributed by atoms with Crippen LogP contribution in [0.15, 0.2) is 24.3 Å². The number of rotatable bonds is 2. The van der Waals surface area contributed by atoms with E-state index < -0.39 is 0 Å². The molecule has 15 heavy (non-hydrogen) atoms. The first-order chi connectivity index (χ1) is 7.31. The van der Waals surface area contributed by atoms with Gasteiger partial charge in [0.25, 0.3) is 0 Å².